The molecule has 110 valence electrons. The molecule has 1 N–H and O–H groups in total. The van der Waals surface area contributed by atoms with Gasteiger partial charge in [-0.25, -0.2) is 0 Å². The number of hydrogen-bond donors (Lipinski definition) is 2. The Morgan fingerprint density at radius 3 is 2.55 bits per heavy atom. The van der Waals surface area contributed by atoms with E-state index in [-0.39, 0.29) is 17.8 Å². The molecule has 1 atom stereocenters. The van der Waals surface area contributed by atoms with Gasteiger partial charge in [0.15, 0.2) is 0 Å². The summed E-state index contributed by atoms with van der Waals surface area (Å²) in [6.07, 6.45) is 5.10. The van der Waals surface area contributed by atoms with Crippen molar-refractivity contribution in [2.45, 2.75) is 43.4 Å². The molecule has 1 aliphatic rings. The van der Waals surface area contributed by atoms with E-state index in [1.807, 2.05) is 35.2 Å². The average Bonchev–Trinajstić information content (AvgIpc) is 2.99. The van der Waals surface area contributed by atoms with Crippen molar-refractivity contribution in [3.05, 3.63) is 35.9 Å². The van der Waals surface area contributed by atoms with Gasteiger partial charge in [0, 0.05) is 12.6 Å². The number of carbonyl (C=O) groups is 1. The first-order valence-corrected chi connectivity index (χ1v) is 7.87. The minimum Gasteiger partial charge on any atom is -0.395 e. The number of thiol groups is 1. The maximum atomic E-state index is 12.6. The average molecular weight is 293 g/mol. The van der Waals surface area contributed by atoms with Gasteiger partial charge in [-0.3, -0.25) is 4.79 Å². The van der Waals surface area contributed by atoms with E-state index in [2.05, 4.69) is 12.6 Å². The highest BCUT2D eigenvalue weighted by atomic mass is 32.1. The van der Waals surface area contributed by atoms with Crippen LogP contribution in [0.4, 0.5) is 0 Å². The lowest BCUT2D eigenvalue weighted by molar-refractivity contribution is -0.133. The number of rotatable bonds is 6. The number of carbonyl (C=O) groups excluding carboxylic acids is 1. The van der Waals surface area contributed by atoms with Crippen LogP contribution in [0.25, 0.3) is 0 Å². The van der Waals surface area contributed by atoms with Gasteiger partial charge in [-0.1, -0.05) is 43.2 Å². The number of hydrogen-bond acceptors (Lipinski definition) is 3. The van der Waals surface area contributed by atoms with Crippen LogP contribution < -0.4 is 0 Å². The molecule has 1 fully saturated rings. The van der Waals surface area contributed by atoms with Crippen LogP contribution in [0.5, 0.6) is 0 Å². The Kier molecular flexibility index (Phi) is 5.92. The third kappa shape index (κ3) is 4.00. The van der Waals surface area contributed by atoms with Gasteiger partial charge >= 0.3 is 0 Å². The van der Waals surface area contributed by atoms with Gasteiger partial charge in [0.05, 0.1) is 11.9 Å². The molecule has 2 rings (SSSR count). The summed E-state index contributed by atoms with van der Waals surface area (Å²) >= 11 is 4.49. The second-order valence-electron chi connectivity index (χ2n) is 5.40. The molecule has 1 amide bonds. The van der Waals surface area contributed by atoms with Gasteiger partial charge in [0.2, 0.25) is 5.91 Å². The van der Waals surface area contributed by atoms with Crippen LogP contribution in [0, 0.1) is 0 Å². The summed E-state index contributed by atoms with van der Waals surface area (Å²) in [5.74, 6) is 0.0538. The van der Waals surface area contributed by atoms with Gasteiger partial charge in [0.25, 0.3) is 0 Å². The molecule has 1 unspecified atom stereocenters. The molecule has 1 saturated carbocycles. The topological polar surface area (TPSA) is 40.5 Å². The predicted molar refractivity (Wildman–Crippen MR) is 84.0 cm³/mol. The summed E-state index contributed by atoms with van der Waals surface area (Å²) in [5, 5.41) is 8.87. The molecule has 0 radical (unpaired) electrons. The second kappa shape index (κ2) is 7.70. The molecule has 1 aliphatic carbocycles. The lowest BCUT2D eigenvalue weighted by Crippen LogP contribution is -2.45. The highest BCUT2D eigenvalue weighted by Crippen LogP contribution is 2.25. The van der Waals surface area contributed by atoms with Crippen molar-refractivity contribution in [2.75, 3.05) is 13.2 Å². The third-order valence-corrected chi connectivity index (χ3v) is 4.35. The van der Waals surface area contributed by atoms with E-state index in [9.17, 15) is 9.90 Å². The summed E-state index contributed by atoms with van der Waals surface area (Å²) in [6.45, 7) is 0.448. The van der Waals surface area contributed by atoms with Crippen LogP contribution in [0.15, 0.2) is 30.3 Å². The standard InChI is InChI=1S/C16H23NO2S/c18-11-10-17(14-8-4-5-9-14)16(19)15(20)12-13-6-2-1-3-7-13/h1-3,6-7,14-15,18,20H,4-5,8-12H2. The first kappa shape index (κ1) is 15.4. The highest BCUT2D eigenvalue weighted by Gasteiger charge is 2.29. The first-order valence-electron chi connectivity index (χ1n) is 7.35. The minimum absolute atomic E-state index is 0.0219. The van der Waals surface area contributed by atoms with Crippen molar-refractivity contribution in [2.24, 2.45) is 0 Å². The SMILES string of the molecule is O=C(C(S)Cc1ccccc1)N(CCO)C1CCCC1. The monoisotopic (exact) mass is 293 g/mol. The summed E-state index contributed by atoms with van der Waals surface area (Å²) < 4.78 is 0. The quantitative estimate of drug-likeness (QED) is 0.790. The normalized spacial score (nSPS) is 17.1. The Labute approximate surface area is 126 Å². The van der Waals surface area contributed by atoms with E-state index in [4.69, 9.17) is 0 Å². The maximum Gasteiger partial charge on any atom is 0.236 e. The second-order valence-corrected chi connectivity index (χ2v) is 6.02. The largest absolute Gasteiger partial charge is 0.395 e. The van der Waals surface area contributed by atoms with Crippen LogP contribution in [0.1, 0.15) is 31.2 Å². The van der Waals surface area contributed by atoms with E-state index in [1.165, 1.54) is 12.8 Å². The van der Waals surface area contributed by atoms with Gasteiger partial charge in [-0.15, -0.1) is 0 Å². The van der Waals surface area contributed by atoms with E-state index in [0.29, 0.717) is 19.0 Å². The summed E-state index contributed by atoms with van der Waals surface area (Å²) in [7, 11) is 0. The summed E-state index contributed by atoms with van der Waals surface area (Å²) in [4.78, 5) is 14.4. The number of aliphatic hydroxyl groups is 1. The van der Waals surface area contributed by atoms with Crippen LogP contribution in [-0.4, -0.2) is 40.4 Å². The van der Waals surface area contributed by atoms with Crippen molar-refractivity contribution in [3.63, 3.8) is 0 Å². The first-order chi connectivity index (χ1) is 9.72. The molecule has 0 spiro atoms. The molecule has 4 heteroatoms. The fourth-order valence-electron chi connectivity index (χ4n) is 2.91. The van der Waals surface area contributed by atoms with Crippen molar-refractivity contribution >= 4 is 18.5 Å². The molecule has 1 aromatic carbocycles. The van der Waals surface area contributed by atoms with Crippen molar-refractivity contribution < 1.29 is 9.90 Å². The van der Waals surface area contributed by atoms with E-state index >= 15 is 0 Å². The minimum atomic E-state index is -0.329. The van der Waals surface area contributed by atoms with Crippen molar-refractivity contribution in [1.82, 2.24) is 4.90 Å². The van der Waals surface area contributed by atoms with Crippen molar-refractivity contribution in [1.29, 1.82) is 0 Å². The summed E-state index contributed by atoms with van der Waals surface area (Å²) in [6, 6.07) is 10.2. The molecule has 0 saturated heterocycles. The molecule has 0 heterocycles. The van der Waals surface area contributed by atoms with Crippen LogP contribution >= 0.6 is 12.6 Å². The lowest BCUT2D eigenvalue weighted by Gasteiger charge is -2.30. The highest BCUT2D eigenvalue weighted by molar-refractivity contribution is 7.81. The van der Waals surface area contributed by atoms with Crippen LogP contribution in [-0.2, 0) is 11.2 Å². The van der Waals surface area contributed by atoms with Gasteiger partial charge < -0.3 is 10.0 Å². The molecule has 3 nitrogen and oxygen atoms in total. The number of aliphatic hydroxyl groups excluding tert-OH is 1. The fraction of sp³-hybridized carbons (Fsp3) is 0.562. The lowest BCUT2D eigenvalue weighted by atomic mass is 10.1. The Bertz CT molecular complexity index is 418. The Morgan fingerprint density at radius 2 is 1.95 bits per heavy atom. The van der Waals surface area contributed by atoms with Crippen LogP contribution in [0.2, 0.25) is 0 Å². The molecule has 0 aliphatic heterocycles. The van der Waals surface area contributed by atoms with Crippen LogP contribution in [0.3, 0.4) is 0 Å². The number of nitrogens with zero attached hydrogens (tertiary/aromatic N) is 1. The fourth-order valence-corrected chi connectivity index (χ4v) is 3.27. The van der Waals surface area contributed by atoms with Gasteiger partial charge in [-0.05, 0) is 24.8 Å². The van der Waals surface area contributed by atoms with E-state index in [1.54, 1.807) is 0 Å². The number of amides is 1. The summed E-state index contributed by atoms with van der Waals surface area (Å²) in [5.41, 5.74) is 1.12. The van der Waals surface area contributed by atoms with E-state index in [0.717, 1.165) is 18.4 Å². The Balaban J connectivity index is 1.99. The zero-order valence-corrected chi connectivity index (χ0v) is 12.6. The van der Waals surface area contributed by atoms with Gasteiger partial charge in [-0.2, -0.15) is 12.6 Å². The molecular weight excluding hydrogens is 270 g/mol. The Morgan fingerprint density at radius 1 is 1.30 bits per heavy atom. The molecule has 0 bridgehead atoms. The molecule has 20 heavy (non-hydrogen) atoms. The maximum absolute atomic E-state index is 12.6. The van der Waals surface area contributed by atoms with Crippen molar-refractivity contribution in [3.8, 4) is 0 Å². The zero-order chi connectivity index (χ0) is 14.4. The molecular formula is C16H23NO2S. The van der Waals surface area contributed by atoms with E-state index < -0.39 is 0 Å². The Hall–Kier alpha value is -1.00. The zero-order valence-electron chi connectivity index (χ0n) is 11.7. The van der Waals surface area contributed by atoms with Gasteiger partial charge in [0.1, 0.15) is 0 Å². The predicted octanol–water partition coefficient (Wildman–Crippen LogP) is 2.29. The third-order valence-electron chi connectivity index (χ3n) is 3.95. The molecule has 1 aromatic rings. The smallest absolute Gasteiger partial charge is 0.236 e. The number of benzene rings is 1. The molecule has 0 aromatic heterocycles.